The minimum atomic E-state index is -0.211. The first-order chi connectivity index (χ1) is 5.75. The number of carbonyl (C=O) groups is 1. The van der Waals surface area contributed by atoms with Crippen LogP contribution < -0.4 is 0 Å². The first-order valence-corrected chi connectivity index (χ1v) is 3.99. The van der Waals surface area contributed by atoms with Crippen LogP contribution in [0.25, 0.3) is 0 Å². The second-order valence-corrected chi connectivity index (χ2v) is 3.08. The number of rotatable bonds is 0. The maximum absolute atomic E-state index is 10.9. The summed E-state index contributed by atoms with van der Waals surface area (Å²) in [4.78, 5) is 14.7. The largest absolute Gasteiger partial charge is 0.269 e. The van der Waals surface area contributed by atoms with Gasteiger partial charge in [0, 0.05) is 17.0 Å². The van der Waals surface area contributed by atoms with Gasteiger partial charge in [-0.1, -0.05) is 23.8 Å². The van der Waals surface area contributed by atoms with Crippen molar-refractivity contribution in [1.82, 2.24) is 0 Å². The zero-order valence-corrected chi connectivity index (χ0v) is 6.95. The molecule has 1 amide bonds. The van der Waals surface area contributed by atoms with E-state index in [1.807, 2.05) is 18.2 Å². The highest BCUT2D eigenvalue weighted by molar-refractivity contribution is 6.34. The second kappa shape index (κ2) is 2.72. The lowest BCUT2D eigenvalue weighted by molar-refractivity contribution is -0.113. The molecule has 0 saturated carbocycles. The quantitative estimate of drug-likeness (QED) is 0.558. The normalized spacial score (nSPS) is 26.4. The number of carbonyl (C=O) groups excluding carboxylic acids is 1. The molecule has 2 rings (SSSR count). The van der Waals surface area contributed by atoms with Crippen LogP contribution in [0.2, 0.25) is 0 Å². The predicted molar refractivity (Wildman–Crippen MR) is 48.1 cm³/mol. The summed E-state index contributed by atoms with van der Waals surface area (Å²) in [5, 5.41) is 0.619. The molecule has 1 aliphatic heterocycles. The molecule has 0 fully saturated rings. The molecular formula is C9H6ClNO. The van der Waals surface area contributed by atoms with Gasteiger partial charge >= 0.3 is 0 Å². The Morgan fingerprint density at radius 1 is 1.33 bits per heavy atom. The van der Waals surface area contributed by atoms with E-state index in [2.05, 4.69) is 4.99 Å². The van der Waals surface area contributed by atoms with Crippen LogP contribution in [0.4, 0.5) is 0 Å². The molecule has 0 aromatic heterocycles. The summed E-state index contributed by atoms with van der Waals surface area (Å²) >= 11 is 5.74. The number of nitrogens with zero attached hydrogens (tertiary/aromatic N) is 1. The van der Waals surface area contributed by atoms with E-state index < -0.39 is 0 Å². The van der Waals surface area contributed by atoms with Gasteiger partial charge in [-0.3, -0.25) is 4.79 Å². The van der Waals surface area contributed by atoms with Gasteiger partial charge in [-0.15, -0.1) is 0 Å². The van der Waals surface area contributed by atoms with E-state index in [9.17, 15) is 4.79 Å². The van der Waals surface area contributed by atoms with Gasteiger partial charge in [-0.05, 0) is 12.2 Å². The van der Waals surface area contributed by atoms with Crippen molar-refractivity contribution in [2.24, 2.45) is 10.9 Å². The Balaban J connectivity index is 2.40. The molecule has 0 N–H and O–H groups in total. The zero-order chi connectivity index (χ0) is 8.55. The molecule has 0 spiro atoms. The van der Waals surface area contributed by atoms with Crippen molar-refractivity contribution >= 4 is 23.2 Å². The Kier molecular flexibility index (Phi) is 1.70. The summed E-state index contributed by atoms with van der Waals surface area (Å²) in [7, 11) is 0. The fourth-order valence-corrected chi connectivity index (χ4v) is 1.38. The Bertz CT molecular complexity index is 350. The van der Waals surface area contributed by atoms with Crippen molar-refractivity contribution in [1.29, 1.82) is 0 Å². The monoisotopic (exact) mass is 179 g/mol. The summed E-state index contributed by atoms with van der Waals surface area (Å²) in [6.07, 6.45) is 8.75. The van der Waals surface area contributed by atoms with Crippen LogP contribution >= 0.6 is 11.6 Å². The Labute approximate surface area is 74.9 Å². The number of fused-ring (bicyclic) bond motifs is 1. The van der Waals surface area contributed by atoms with Gasteiger partial charge in [0.1, 0.15) is 0 Å². The molecule has 12 heavy (non-hydrogen) atoms. The molecule has 1 unspecified atom stereocenters. The smallest absolute Gasteiger partial charge is 0.267 e. The molecule has 1 heterocycles. The van der Waals surface area contributed by atoms with E-state index in [0.29, 0.717) is 5.03 Å². The summed E-state index contributed by atoms with van der Waals surface area (Å²) in [6.45, 7) is 0. The third-order valence-corrected chi connectivity index (χ3v) is 2.01. The summed E-state index contributed by atoms with van der Waals surface area (Å²) in [6, 6.07) is 0. The third-order valence-electron chi connectivity index (χ3n) is 1.78. The lowest BCUT2D eigenvalue weighted by Gasteiger charge is -2.14. The molecule has 60 valence electrons. The molecule has 1 aliphatic carbocycles. The number of hydrogen-bond donors (Lipinski definition) is 0. The molecule has 2 nitrogen and oxygen atoms in total. The lowest BCUT2D eigenvalue weighted by Crippen LogP contribution is -2.16. The molecule has 0 aromatic rings. The summed E-state index contributed by atoms with van der Waals surface area (Å²) < 4.78 is 0. The van der Waals surface area contributed by atoms with Crippen LogP contribution in [-0.2, 0) is 4.79 Å². The molecule has 2 aliphatic rings. The van der Waals surface area contributed by atoms with Gasteiger partial charge in [-0.2, -0.15) is 0 Å². The van der Waals surface area contributed by atoms with Gasteiger partial charge in [-0.25, -0.2) is 4.99 Å². The van der Waals surface area contributed by atoms with Crippen molar-refractivity contribution in [3.05, 3.63) is 35.4 Å². The van der Waals surface area contributed by atoms with Crippen molar-refractivity contribution in [3.8, 4) is 0 Å². The highest BCUT2D eigenvalue weighted by Gasteiger charge is 2.16. The summed E-state index contributed by atoms with van der Waals surface area (Å²) in [5.74, 6) is -0.0810. The van der Waals surface area contributed by atoms with Crippen LogP contribution in [-0.4, -0.2) is 11.6 Å². The number of amides is 1. The first-order valence-electron chi connectivity index (χ1n) is 3.62. The molecule has 0 bridgehead atoms. The number of aliphatic imine (C=N–C) groups is 1. The highest BCUT2D eigenvalue weighted by Crippen LogP contribution is 2.20. The molecule has 3 heteroatoms. The average Bonchev–Trinajstić information content (AvgIpc) is 2.03. The third kappa shape index (κ3) is 1.25. The van der Waals surface area contributed by atoms with Gasteiger partial charge in [0.15, 0.2) is 0 Å². The maximum atomic E-state index is 10.9. The fourth-order valence-electron chi connectivity index (χ4n) is 1.20. The van der Waals surface area contributed by atoms with Gasteiger partial charge in [0.25, 0.3) is 5.91 Å². The average molecular weight is 180 g/mol. The molecule has 0 radical (unpaired) electrons. The standard InChI is InChI=1S/C9H6ClNO/c10-7-3-1-6-2-4-9(12)11-8(6)5-7/h1-6H. The Morgan fingerprint density at radius 2 is 2.08 bits per heavy atom. The Hall–Kier alpha value is -1.15. The van der Waals surface area contributed by atoms with E-state index in [1.165, 1.54) is 6.08 Å². The van der Waals surface area contributed by atoms with E-state index in [0.717, 1.165) is 5.71 Å². The number of halogens is 1. The topological polar surface area (TPSA) is 29.4 Å². The van der Waals surface area contributed by atoms with E-state index in [4.69, 9.17) is 11.6 Å². The van der Waals surface area contributed by atoms with Crippen LogP contribution in [0, 0.1) is 5.92 Å². The molecule has 0 saturated heterocycles. The predicted octanol–water partition coefficient (Wildman–Crippen LogP) is 1.83. The van der Waals surface area contributed by atoms with Crippen LogP contribution in [0.3, 0.4) is 0 Å². The minimum Gasteiger partial charge on any atom is -0.267 e. The number of hydrogen-bond acceptors (Lipinski definition) is 1. The van der Waals surface area contributed by atoms with E-state index in [1.54, 1.807) is 6.08 Å². The van der Waals surface area contributed by atoms with Gasteiger partial charge in [0.2, 0.25) is 0 Å². The minimum absolute atomic E-state index is 0.130. The SMILES string of the molecule is O=C1C=CC2C=CC(Cl)=CC2=N1. The zero-order valence-electron chi connectivity index (χ0n) is 6.20. The van der Waals surface area contributed by atoms with Gasteiger partial charge < -0.3 is 0 Å². The second-order valence-electron chi connectivity index (χ2n) is 2.65. The van der Waals surface area contributed by atoms with Gasteiger partial charge in [0.05, 0.1) is 5.71 Å². The highest BCUT2D eigenvalue weighted by atomic mass is 35.5. The fraction of sp³-hybridized carbons (Fsp3) is 0.111. The molecule has 0 aromatic carbocycles. The van der Waals surface area contributed by atoms with E-state index >= 15 is 0 Å². The summed E-state index contributed by atoms with van der Waals surface area (Å²) in [5.41, 5.74) is 0.731. The molecular weight excluding hydrogens is 174 g/mol. The van der Waals surface area contributed by atoms with Crippen LogP contribution in [0.5, 0.6) is 0 Å². The molecule has 1 atom stereocenters. The van der Waals surface area contributed by atoms with Crippen molar-refractivity contribution in [2.45, 2.75) is 0 Å². The lowest BCUT2D eigenvalue weighted by atomic mass is 9.96. The van der Waals surface area contributed by atoms with Crippen molar-refractivity contribution in [2.75, 3.05) is 0 Å². The van der Waals surface area contributed by atoms with Crippen LogP contribution in [0.15, 0.2) is 40.4 Å². The number of dihydropyridines is 1. The first kappa shape index (κ1) is 7.50. The van der Waals surface area contributed by atoms with Crippen molar-refractivity contribution < 1.29 is 4.79 Å². The maximum Gasteiger partial charge on any atom is 0.269 e. The Morgan fingerprint density at radius 3 is 2.92 bits per heavy atom. The number of allylic oxidation sites excluding steroid dienone is 5. The van der Waals surface area contributed by atoms with Crippen molar-refractivity contribution in [3.63, 3.8) is 0 Å². The van der Waals surface area contributed by atoms with E-state index in [-0.39, 0.29) is 11.8 Å². The van der Waals surface area contributed by atoms with Crippen LogP contribution in [0.1, 0.15) is 0 Å².